The molecule has 0 spiro atoms. The minimum absolute atomic E-state index is 0.144. The van der Waals surface area contributed by atoms with Crippen LogP contribution in [0.1, 0.15) is 54.2 Å². The van der Waals surface area contributed by atoms with Crippen LogP contribution in [0.25, 0.3) is 10.8 Å². The molecule has 0 fully saturated rings. The maximum atomic E-state index is 14.8. The van der Waals surface area contributed by atoms with E-state index in [-0.39, 0.29) is 24.5 Å². The zero-order chi connectivity index (χ0) is 23.5. The van der Waals surface area contributed by atoms with Gasteiger partial charge in [-0.3, -0.25) is 9.59 Å². The van der Waals surface area contributed by atoms with Gasteiger partial charge in [0.05, 0.1) is 31.7 Å². The molecule has 3 aromatic rings. The average Bonchev–Trinajstić information content (AvgIpc) is 3.14. The molecule has 0 N–H and O–H groups in total. The minimum Gasteiger partial charge on any atom is -0.493 e. The Bertz CT molecular complexity index is 1220. The fraction of sp³-hybridized carbons (Fsp3) is 0.333. The van der Waals surface area contributed by atoms with Crippen LogP contribution in [0.4, 0.5) is 10.1 Å². The van der Waals surface area contributed by atoms with Crippen LogP contribution in [0.5, 0.6) is 5.75 Å². The summed E-state index contributed by atoms with van der Waals surface area (Å²) in [5.74, 6) is -0.449. The van der Waals surface area contributed by atoms with Crippen molar-refractivity contribution in [2.24, 2.45) is 0 Å². The average molecular weight is 450 g/mol. The number of aryl methyl sites for hydroxylation is 1. The highest BCUT2D eigenvalue weighted by Crippen LogP contribution is 2.43. The lowest BCUT2D eigenvalue weighted by atomic mass is 9.91. The molecule has 3 aromatic carbocycles. The van der Waals surface area contributed by atoms with Crippen molar-refractivity contribution in [3.63, 3.8) is 0 Å². The molecule has 6 heteroatoms. The number of carbonyl (C=O) groups is 2. The van der Waals surface area contributed by atoms with E-state index in [0.717, 1.165) is 40.5 Å². The molecule has 0 aromatic heterocycles. The molecule has 5 nitrogen and oxygen atoms in total. The van der Waals surface area contributed by atoms with Crippen molar-refractivity contribution < 1.29 is 23.5 Å². The van der Waals surface area contributed by atoms with E-state index in [1.165, 1.54) is 6.07 Å². The summed E-state index contributed by atoms with van der Waals surface area (Å²) in [6.07, 6.45) is 1.52. The number of halogens is 1. The first-order valence-electron chi connectivity index (χ1n) is 11.4. The zero-order valence-corrected chi connectivity index (χ0v) is 19.2. The first-order chi connectivity index (χ1) is 16.0. The van der Waals surface area contributed by atoms with E-state index >= 15 is 0 Å². The highest BCUT2D eigenvalue weighted by Gasteiger charge is 2.35. The predicted octanol–water partition coefficient (Wildman–Crippen LogP) is 5.60. The number of nitrogens with zero attached hydrogens (tertiary/aromatic N) is 1. The highest BCUT2D eigenvalue weighted by atomic mass is 19.1. The maximum absolute atomic E-state index is 14.8. The molecule has 0 saturated carbocycles. The third-order valence-electron chi connectivity index (χ3n) is 5.93. The van der Waals surface area contributed by atoms with E-state index < -0.39 is 11.8 Å². The van der Waals surface area contributed by atoms with Crippen LogP contribution in [0, 0.1) is 5.82 Å². The fourth-order valence-corrected chi connectivity index (χ4v) is 4.55. The van der Waals surface area contributed by atoms with Crippen molar-refractivity contribution in [2.45, 2.75) is 46.6 Å². The summed E-state index contributed by atoms with van der Waals surface area (Å²) in [6.45, 7) is 6.76. The Labute approximate surface area is 193 Å². The topological polar surface area (TPSA) is 55.8 Å². The number of hydrogen-bond acceptors (Lipinski definition) is 4. The molecule has 4 rings (SSSR count). The maximum Gasteiger partial charge on any atom is 0.310 e. The Morgan fingerprint density at radius 3 is 2.48 bits per heavy atom. The lowest BCUT2D eigenvalue weighted by Crippen LogP contribution is -2.24. The van der Waals surface area contributed by atoms with Gasteiger partial charge >= 0.3 is 5.97 Å². The van der Waals surface area contributed by atoms with Crippen LogP contribution in [-0.4, -0.2) is 25.1 Å². The largest absolute Gasteiger partial charge is 0.493 e. The van der Waals surface area contributed by atoms with Gasteiger partial charge in [-0.05, 0) is 48.9 Å². The summed E-state index contributed by atoms with van der Waals surface area (Å²) in [6, 6.07) is 12.5. The molecule has 1 aliphatic rings. The second-order valence-electron chi connectivity index (χ2n) is 8.04. The molecule has 1 amide bonds. The number of esters is 1. The summed E-state index contributed by atoms with van der Waals surface area (Å²) in [7, 11) is 0. The standard InChI is InChI=1S/C27H28FNO4/c1-4-9-20-19-10-7-8-11-21(19)26(33-6-3)22-16-29(27(31)25(20)22)18-13-12-17(23(28)15-18)14-24(30)32-5-2/h7-8,10-13,15H,4-6,9,14,16H2,1-3H3. The van der Waals surface area contributed by atoms with Crippen molar-refractivity contribution in [1.29, 1.82) is 0 Å². The Hall–Kier alpha value is -3.41. The highest BCUT2D eigenvalue weighted by molar-refractivity contribution is 6.15. The van der Waals surface area contributed by atoms with Crippen LogP contribution in [-0.2, 0) is 28.9 Å². The SMILES string of the molecule is CCCc1c2c(c(OCC)c3ccccc13)CN(c1ccc(CC(=O)OCC)c(F)c1)C2=O. The number of hydrogen-bond donors (Lipinski definition) is 0. The Morgan fingerprint density at radius 2 is 1.82 bits per heavy atom. The molecule has 1 heterocycles. The number of rotatable bonds is 8. The van der Waals surface area contributed by atoms with Crippen molar-refractivity contribution in [1.82, 2.24) is 0 Å². The quantitative estimate of drug-likeness (QED) is 0.420. The molecule has 0 saturated heterocycles. The summed E-state index contributed by atoms with van der Waals surface area (Å²) in [5.41, 5.74) is 3.22. The Balaban J connectivity index is 1.77. The number of ether oxygens (including phenoxy) is 2. The van der Waals surface area contributed by atoms with E-state index in [1.54, 1.807) is 24.0 Å². The zero-order valence-electron chi connectivity index (χ0n) is 19.2. The van der Waals surface area contributed by atoms with Gasteiger partial charge in [0.15, 0.2) is 0 Å². The molecule has 0 unspecified atom stereocenters. The summed E-state index contributed by atoms with van der Waals surface area (Å²) < 4.78 is 25.8. The predicted molar refractivity (Wildman–Crippen MR) is 126 cm³/mol. The van der Waals surface area contributed by atoms with Gasteiger partial charge in [0.2, 0.25) is 0 Å². The monoisotopic (exact) mass is 449 g/mol. The second kappa shape index (κ2) is 9.61. The van der Waals surface area contributed by atoms with E-state index in [2.05, 4.69) is 6.92 Å². The van der Waals surface area contributed by atoms with E-state index in [4.69, 9.17) is 9.47 Å². The van der Waals surface area contributed by atoms with Crippen molar-refractivity contribution in [3.05, 3.63) is 70.5 Å². The van der Waals surface area contributed by atoms with E-state index in [9.17, 15) is 14.0 Å². The Kier molecular flexibility index (Phi) is 6.63. The van der Waals surface area contributed by atoms with Crippen LogP contribution >= 0.6 is 0 Å². The van der Waals surface area contributed by atoms with Crippen molar-refractivity contribution in [2.75, 3.05) is 18.1 Å². The molecule has 0 atom stereocenters. The van der Waals surface area contributed by atoms with E-state index in [1.807, 2.05) is 31.2 Å². The van der Waals surface area contributed by atoms with Crippen LogP contribution < -0.4 is 9.64 Å². The lowest BCUT2D eigenvalue weighted by Gasteiger charge is -2.17. The number of fused-ring (bicyclic) bond motifs is 2. The van der Waals surface area contributed by atoms with Gasteiger partial charge in [-0.2, -0.15) is 0 Å². The molecule has 172 valence electrons. The number of benzene rings is 3. The minimum atomic E-state index is -0.534. The van der Waals surface area contributed by atoms with Crippen LogP contribution in [0.3, 0.4) is 0 Å². The molecule has 1 aliphatic heterocycles. The van der Waals surface area contributed by atoms with Gasteiger partial charge in [-0.1, -0.05) is 43.7 Å². The van der Waals surface area contributed by atoms with Crippen LogP contribution in [0.2, 0.25) is 0 Å². The first-order valence-corrected chi connectivity index (χ1v) is 11.4. The van der Waals surface area contributed by atoms with Gasteiger partial charge in [0, 0.05) is 16.6 Å². The number of amides is 1. The number of carbonyl (C=O) groups excluding carboxylic acids is 2. The van der Waals surface area contributed by atoms with Gasteiger partial charge in [-0.25, -0.2) is 4.39 Å². The van der Waals surface area contributed by atoms with Gasteiger partial charge in [0.1, 0.15) is 11.6 Å². The van der Waals surface area contributed by atoms with E-state index in [0.29, 0.717) is 24.4 Å². The first kappa shape index (κ1) is 22.8. The lowest BCUT2D eigenvalue weighted by molar-refractivity contribution is -0.142. The van der Waals surface area contributed by atoms with Crippen LogP contribution in [0.15, 0.2) is 42.5 Å². The third kappa shape index (κ3) is 4.17. The van der Waals surface area contributed by atoms with Gasteiger partial charge in [0.25, 0.3) is 5.91 Å². The van der Waals surface area contributed by atoms with Gasteiger partial charge in [-0.15, -0.1) is 0 Å². The number of anilines is 1. The molecular formula is C27H28FNO4. The summed E-state index contributed by atoms with van der Waals surface area (Å²) in [4.78, 5) is 27.0. The molecule has 0 bridgehead atoms. The normalized spacial score (nSPS) is 12.8. The third-order valence-corrected chi connectivity index (χ3v) is 5.93. The smallest absolute Gasteiger partial charge is 0.310 e. The second-order valence-corrected chi connectivity index (χ2v) is 8.04. The molecule has 0 aliphatic carbocycles. The van der Waals surface area contributed by atoms with Crippen molar-refractivity contribution in [3.8, 4) is 5.75 Å². The summed E-state index contributed by atoms with van der Waals surface area (Å²) in [5, 5.41) is 2.01. The molecular weight excluding hydrogens is 421 g/mol. The Morgan fingerprint density at radius 1 is 1.06 bits per heavy atom. The van der Waals surface area contributed by atoms with Gasteiger partial charge < -0.3 is 14.4 Å². The molecule has 0 radical (unpaired) electrons. The van der Waals surface area contributed by atoms with Crippen molar-refractivity contribution >= 4 is 28.3 Å². The fourth-order valence-electron chi connectivity index (χ4n) is 4.55. The summed E-state index contributed by atoms with van der Waals surface area (Å²) >= 11 is 0. The molecule has 33 heavy (non-hydrogen) atoms.